The number of hydrogen-bond donors (Lipinski definition) is 4. The van der Waals surface area contributed by atoms with Crippen molar-refractivity contribution in [2.75, 3.05) is 20.2 Å². The molecule has 150 valence electrons. The summed E-state index contributed by atoms with van der Waals surface area (Å²) in [6.07, 6.45) is 0.375. The molecule has 2 atom stereocenters. The highest BCUT2D eigenvalue weighted by molar-refractivity contribution is 5.82. The lowest BCUT2D eigenvalue weighted by Gasteiger charge is -2.43. The van der Waals surface area contributed by atoms with Crippen LogP contribution in [-0.2, 0) is 22.4 Å². The first-order chi connectivity index (χ1) is 13.4. The maximum Gasteiger partial charge on any atom is 0.314 e. The van der Waals surface area contributed by atoms with Crippen LogP contribution < -0.4 is 10.3 Å². The van der Waals surface area contributed by atoms with Crippen LogP contribution in [0.2, 0.25) is 0 Å². The molecule has 0 radical (unpaired) electrons. The Morgan fingerprint density at radius 3 is 2.82 bits per heavy atom. The Bertz CT molecular complexity index is 920. The van der Waals surface area contributed by atoms with Crippen LogP contribution in [0.4, 0.5) is 0 Å². The van der Waals surface area contributed by atoms with Gasteiger partial charge >= 0.3 is 5.97 Å². The number of aromatic nitrogens is 2. The van der Waals surface area contributed by atoms with Crippen LogP contribution in [0.1, 0.15) is 17.5 Å². The number of carbonyl (C=O) groups is 2. The quantitative estimate of drug-likeness (QED) is 0.556. The summed E-state index contributed by atoms with van der Waals surface area (Å²) in [6, 6.07) is 6.98. The number of aromatic amines is 2. The van der Waals surface area contributed by atoms with Crippen molar-refractivity contribution in [2.45, 2.75) is 25.4 Å². The lowest BCUT2D eigenvalue weighted by atomic mass is 9.72. The van der Waals surface area contributed by atoms with Crippen LogP contribution in [0, 0.1) is 5.41 Å². The number of ether oxygens (including phenoxy) is 1. The maximum atomic E-state index is 12.7. The average Bonchev–Trinajstić information content (AvgIpc) is 3.08. The zero-order valence-corrected chi connectivity index (χ0v) is 15.5. The van der Waals surface area contributed by atoms with Gasteiger partial charge in [0.05, 0.1) is 19.6 Å². The number of nitrogens with one attached hydrogen (secondary N) is 2. The Kier molecular flexibility index (Phi) is 5.55. The van der Waals surface area contributed by atoms with E-state index in [4.69, 9.17) is 4.74 Å². The van der Waals surface area contributed by atoms with E-state index in [0.29, 0.717) is 11.3 Å². The predicted octanol–water partition coefficient (Wildman–Crippen LogP) is 0.161. The molecule has 2 heterocycles. The van der Waals surface area contributed by atoms with Gasteiger partial charge in [0.1, 0.15) is 11.2 Å². The van der Waals surface area contributed by atoms with Crippen LogP contribution in [0.3, 0.4) is 0 Å². The molecule has 0 saturated carbocycles. The van der Waals surface area contributed by atoms with Crippen LogP contribution in [0.25, 0.3) is 0 Å². The van der Waals surface area contributed by atoms with E-state index in [9.17, 15) is 24.6 Å². The van der Waals surface area contributed by atoms with Crippen molar-refractivity contribution in [1.82, 2.24) is 15.1 Å². The van der Waals surface area contributed by atoms with Crippen molar-refractivity contribution >= 4 is 11.9 Å². The number of rotatable bonds is 6. The first kappa shape index (κ1) is 19.7. The highest BCUT2D eigenvalue weighted by atomic mass is 16.5. The smallest absolute Gasteiger partial charge is 0.314 e. The number of aliphatic hydroxyl groups is 1. The molecule has 1 fully saturated rings. The lowest BCUT2D eigenvalue weighted by molar-refractivity contribution is -0.165. The van der Waals surface area contributed by atoms with Crippen molar-refractivity contribution in [3.63, 3.8) is 0 Å². The van der Waals surface area contributed by atoms with Crippen LogP contribution in [0.15, 0.2) is 35.3 Å². The number of nitrogens with zero attached hydrogens (tertiary/aromatic N) is 1. The summed E-state index contributed by atoms with van der Waals surface area (Å²) in [7, 11) is 1.52. The number of likely N-dealkylation sites (tertiary alicyclic amines) is 1. The molecule has 1 aliphatic heterocycles. The number of benzene rings is 1. The molecule has 9 heteroatoms. The van der Waals surface area contributed by atoms with Gasteiger partial charge in [0, 0.05) is 24.8 Å². The van der Waals surface area contributed by atoms with E-state index in [0.717, 1.165) is 0 Å². The average molecular weight is 389 g/mol. The van der Waals surface area contributed by atoms with Gasteiger partial charge in [0.2, 0.25) is 5.91 Å². The van der Waals surface area contributed by atoms with Gasteiger partial charge < -0.3 is 24.9 Å². The monoisotopic (exact) mass is 389 g/mol. The Labute approximate surface area is 160 Å². The summed E-state index contributed by atoms with van der Waals surface area (Å²) in [5, 5.41) is 25.4. The normalized spacial score (nSPS) is 22.1. The van der Waals surface area contributed by atoms with Crippen molar-refractivity contribution in [3.8, 4) is 5.75 Å². The fourth-order valence-electron chi connectivity index (χ4n) is 3.64. The molecular weight excluding hydrogens is 366 g/mol. The number of methoxy groups -OCH3 is 1. The summed E-state index contributed by atoms with van der Waals surface area (Å²) in [4.78, 5) is 37.9. The highest BCUT2D eigenvalue weighted by Gasteiger charge is 2.50. The third kappa shape index (κ3) is 3.79. The van der Waals surface area contributed by atoms with E-state index in [1.807, 2.05) is 0 Å². The molecule has 2 aromatic rings. The Morgan fingerprint density at radius 1 is 1.39 bits per heavy atom. The van der Waals surface area contributed by atoms with Gasteiger partial charge in [-0.05, 0) is 30.5 Å². The van der Waals surface area contributed by atoms with Crippen molar-refractivity contribution in [3.05, 3.63) is 51.9 Å². The zero-order valence-electron chi connectivity index (χ0n) is 15.5. The number of amides is 1. The minimum Gasteiger partial charge on any atom is -0.497 e. The lowest BCUT2D eigenvalue weighted by Crippen LogP contribution is -2.58. The minimum absolute atomic E-state index is 0.0508. The molecule has 0 unspecified atom stereocenters. The zero-order chi connectivity index (χ0) is 20.3. The van der Waals surface area contributed by atoms with E-state index in [1.54, 1.807) is 24.3 Å². The molecule has 0 spiro atoms. The van der Waals surface area contributed by atoms with E-state index in [-0.39, 0.29) is 49.4 Å². The number of piperidine rings is 1. The summed E-state index contributed by atoms with van der Waals surface area (Å²) < 4.78 is 5.18. The number of carboxylic acid groups (broad SMARTS) is 1. The third-order valence-corrected chi connectivity index (χ3v) is 5.28. The summed E-state index contributed by atoms with van der Waals surface area (Å²) in [5.41, 5.74) is -0.946. The molecule has 0 aliphatic carbocycles. The molecule has 1 aromatic heterocycles. The first-order valence-corrected chi connectivity index (χ1v) is 8.93. The molecular formula is C19H23N3O6. The largest absolute Gasteiger partial charge is 0.497 e. The first-order valence-electron chi connectivity index (χ1n) is 8.93. The van der Waals surface area contributed by atoms with E-state index >= 15 is 0 Å². The Hall–Kier alpha value is -3.07. The SMILES string of the molecule is COc1cccc(C[C@@]2(C(=O)O)CN(C(=O)Cc3c[nH][nH]c3=O)CC[C@H]2O)c1. The fraction of sp³-hybridized carbons (Fsp3) is 0.421. The molecule has 1 amide bonds. The van der Waals surface area contributed by atoms with Crippen LogP contribution in [-0.4, -0.2) is 63.5 Å². The fourth-order valence-corrected chi connectivity index (χ4v) is 3.64. The number of aliphatic hydroxyl groups excluding tert-OH is 1. The number of aliphatic carboxylic acids is 1. The molecule has 9 nitrogen and oxygen atoms in total. The predicted molar refractivity (Wildman–Crippen MR) is 99.1 cm³/mol. The van der Waals surface area contributed by atoms with Crippen molar-refractivity contribution in [2.24, 2.45) is 5.41 Å². The Balaban J connectivity index is 1.84. The van der Waals surface area contributed by atoms with E-state index < -0.39 is 17.5 Å². The van der Waals surface area contributed by atoms with Gasteiger partial charge in [-0.2, -0.15) is 0 Å². The van der Waals surface area contributed by atoms with E-state index in [1.165, 1.54) is 18.2 Å². The topological polar surface area (TPSA) is 136 Å². The molecule has 1 saturated heterocycles. The van der Waals surface area contributed by atoms with Crippen LogP contribution in [0.5, 0.6) is 5.75 Å². The second-order valence-electron chi connectivity index (χ2n) is 7.05. The number of hydrogen-bond acceptors (Lipinski definition) is 5. The molecule has 4 N–H and O–H groups in total. The third-order valence-electron chi connectivity index (χ3n) is 5.28. The summed E-state index contributed by atoms with van der Waals surface area (Å²) in [5.74, 6) is -0.934. The summed E-state index contributed by atoms with van der Waals surface area (Å²) >= 11 is 0. The molecule has 3 rings (SSSR count). The second-order valence-corrected chi connectivity index (χ2v) is 7.05. The molecule has 0 bridgehead atoms. The number of H-pyrrole nitrogens is 2. The Morgan fingerprint density at radius 2 is 2.18 bits per heavy atom. The molecule has 28 heavy (non-hydrogen) atoms. The van der Waals surface area contributed by atoms with Gasteiger partial charge in [0.15, 0.2) is 0 Å². The van der Waals surface area contributed by atoms with Crippen LogP contribution >= 0.6 is 0 Å². The minimum atomic E-state index is -1.54. The van der Waals surface area contributed by atoms with Gasteiger partial charge in [0.25, 0.3) is 5.56 Å². The van der Waals surface area contributed by atoms with E-state index in [2.05, 4.69) is 10.2 Å². The van der Waals surface area contributed by atoms with Gasteiger partial charge in [-0.3, -0.25) is 19.5 Å². The summed E-state index contributed by atoms with van der Waals surface area (Å²) in [6.45, 7) is 0.0946. The van der Waals surface area contributed by atoms with Gasteiger partial charge in [-0.1, -0.05) is 12.1 Å². The highest BCUT2D eigenvalue weighted by Crippen LogP contribution is 2.35. The van der Waals surface area contributed by atoms with Crippen molar-refractivity contribution < 1.29 is 24.5 Å². The standard InChI is InChI=1S/C19H23N3O6/c1-28-14-4-2-3-12(7-14)9-19(18(26)27)11-22(6-5-15(19)23)16(24)8-13-10-20-21-17(13)25/h2-4,7,10,15,23H,5-6,8-9,11H2,1H3,(H,26,27)(H2,20,21,25)/t15-,19-/m1/s1. The molecule has 1 aromatic carbocycles. The number of carbonyl (C=O) groups excluding carboxylic acids is 1. The van der Waals surface area contributed by atoms with Gasteiger partial charge in [-0.15, -0.1) is 0 Å². The number of carboxylic acids is 1. The second kappa shape index (κ2) is 7.89. The van der Waals surface area contributed by atoms with Gasteiger partial charge in [-0.25, -0.2) is 0 Å². The maximum absolute atomic E-state index is 12.7. The molecule has 1 aliphatic rings. The van der Waals surface area contributed by atoms with Crippen molar-refractivity contribution in [1.29, 1.82) is 0 Å².